The average Bonchev–Trinajstić information content (AvgIpc) is 2.32. The molecule has 1 atom stereocenters. The smallest absolute Gasteiger partial charge is 0.306 e. The first-order chi connectivity index (χ1) is 9.66. The summed E-state index contributed by atoms with van der Waals surface area (Å²) in [7, 11) is 0. The summed E-state index contributed by atoms with van der Waals surface area (Å²) < 4.78 is 19.4. The highest BCUT2D eigenvalue weighted by atomic mass is 79.9. The fraction of sp³-hybridized carbons (Fsp3) is 0.533. The first kappa shape index (κ1) is 18.4. The van der Waals surface area contributed by atoms with Crippen LogP contribution in [0, 0.1) is 11.2 Å². The molecule has 0 aliphatic heterocycles. The highest BCUT2D eigenvalue weighted by Gasteiger charge is 2.27. The Kier molecular flexibility index (Phi) is 6.63. The van der Waals surface area contributed by atoms with Crippen LogP contribution in [0.1, 0.15) is 45.2 Å². The molecule has 1 unspecified atom stereocenters. The van der Waals surface area contributed by atoms with E-state index in [1.165, 1.54) is 12.1 Å². The van der Waals surface area contributed by atoms with Crippen LogP contribution < -0.4 is 5.73 Å². The first-order valence-electron chi connectivity index (χ1n) is 6.72. The van der Waals surface area contributed by atoms with Crippen LogP contribution in [0.25, 0.3) is 0 Å². The molecule has 1 aromatic rings. The third-order valence-electron chi connectivity index (χ3n) is 3.14. The van der Waals surface area contributed by atoms with Gasteiger partial charge in [-0.25, -0.2) is 4.39 Å². The van der Waals surface area contributed by atoms with Gasteiger partial charge in [0.25, 0.3) is 0 Å². The first-order valence-corrected chi connectivity index (χ1v) is 7.89. The molecule has 0 radical (unpaired) electrons. The van der Waals surface area contributed by atoms with Crippen molar-refractivity contribution in [3.63, 3.8) is 0 Å². The van der Waals surface area contributed by atoms with E-state index in [1.54, 1.807) is 6.92 Å². The fourth-order valence-corrected chi connectivity index (χ4v) is 2.69. The van der Waals surface area contributed by atoms with Gasteiger partial charge in [0.05, 0.1) is 18.1 Å². The van der Waals surface area contributed by atoms with E-state index in [9.17, 15) is 9.18 Å². The molecule has 0 fully saturated rings. The van der Waals surface area contributed by atoms with Crippen molar-refractivity contribution in [2.45, 2.75) is 39.7 Å². The molecule has 0 aliphatic carbocycles. The van der Waals surface area contributed by atoms with Crippen LogP contribution in [-0.2, 0) is 9.53 Å². The lowest BCUT2D eigenvalue weighted by Gasteiger charge is -2.27. The summed E-state index contributed by atoms with van der Waals surface area (Å²) in [6, 6.07) is 2.28. The number of nitrogens with two attached hydrogens (primary N) is 1. The van der Waals surface area contributed by atoms with Crippen LogP contribution in [0.15, 0.2) is 16.6 Å². The second-order valence-corrected chi connectivity index (χ2v) is 7.01. The summed E-state index contributed by atoms with van der Waals surface area (Å²) in [6.07, 6.45) is 0.682. The molecular formula is C15H20BrClFNO2. The number of carbonyl (C=O) groups is 1. The molecule has 0 amide bonds. The van der Waals surface area contributed by atoms with Gasteiger partial charge in [0.2, 0.25) is 0 Å². The van der Waals surface area contributed by atoms with Crippen LogP contribution in [0.3, 0.4) is 0 Å². The number of rotatable bonds is 6. The predicted molar refractivity (Wildman–Crippen MR) is 85.7 cm³/mol. The Balaban J connectivity index is 2.82. The zero-order valence-corrected chi connectivity index (χ0v) is 14.7. The van der Waals surface area contributed by atoms with E-state index in [4.69, 9.17) is 22.1 Å². The van der Waals surface area contributed by atoms with Gasteiger partial charge in [-0.05, 0) is 46.8 Å². The third kappa shape index (κ3) is 5.57. The zero-order valence-electron chi connectivity index (χ0n) is 12.4. The van der Waals surface area contributed by atoms with E-state index in [1.807, 2.05) is 13.8 Å². The fourth-order valence-electron chi connectivity index (χ4n) is 2.20. The predicted octanol–water partition coefficient (Wildman–Crippen LogP) is 4.61. The molecule has 0 bridgehead atoms. The summed E-state index contributed by atoms with van der Waals surface area (Å²) >= 11 is 9.15. The van der Waals surface area contributed by atoms with E-state index in [0.717, 1.165) is 0 Å². The number of hydrogen-bond donors (Lipinski definition) is 1. The average molecular weight is 381 g/mol. The third-order valence-corrected chi connectivity index (χ3v) is 4.34. The lowest BCUT2D eigenvalue weighted by molar-refractivity contribution is -0.145. The van der Waals surface area contributed by atoms with Gasteiger partial charge >= 0.3 is 5.97 Å². The minimum absolute atomic E-state index is 0.237. The van der Waals surface area contributed by atoms with Gasteiger partial charge < -0.3 is 10.5 Å². The summed E-state index contributed by atoms with van der Waals surface area (Å²) in [5, 5.41) is 0.407. The summed E-state index contributed by atoms with van der Waals surface area (Å²) in [6.45, 7) is 5.91. The standard InChI is InChI=1S/C15H20BrClFNO2/c1-4-21-14(20)8-15(2,3)7-13(19)9-5-11(17)10(16)6-12(9)18/h5-6,13H,4,7-8,19H2,1-3H3. The van der Waals surface area contributed by atoms with Crippen LogP contribution in [0.4, 0.5) is 4.39 Å². The summed E-state index contributed by atoms with van der Waals surface area (Å²) in [5.41, 5.74) is 6.04. The second-order valence-electron chi connectivity index (χ2n) is 5.74. The molecule has 21 heavy (non-hydrogen) atoms. The van der Waals surface area contributed by atoms with Crippen LogP contribution >= 0.6 is 27.5 Å². The molecule has 0 aromatic heterocycles. The molecular weight excluding hydrogens is 361 g/mol. The summed E-state index contributed by atoms with van der Waals surface area (Å²) in [4.78, 5) is 11.6. The molecule has 0 saturated heterocycles. The number of benzene rings is 1. The van der Waals surface area contributed by atoms with Gasteiger partial charge in [-0.1, -0.05) is 25.4 Å². The van der Waals surface area contributed by atoms with Crippen LogP contribution in [0.2, 0.25) is 5.02 Å². The van der Waals surface area contributed by atoms with Crippen molar-refractivity contribution in [3.8, 4) is 0 Å². The highest BCUT2D eigenvalue weighted by Crippen LogP contribution is 2.35. The minimum atomic E-state index is -0.542. The van der Waals surface area contributed by atoms with Gasteiger partial charge in [0, 0.05) is 16.1 Å². The molecule has 6 heteroatoms. The van der Waals surface area contributed by atoms with Crippen LogP contribution in [0.5, 0.6) is 0 Å². The number of halogens is 3. The monoisotopic (exact) mass is 379 g/mol. The van der Waals surface area contributed by atoms with Gasteiger partial charge in [0.15, 0.2) is 0 Å². The molecule has 1 aromatic carbocycles. The maximum Gasteiger partial charge on any atom is 0.306 e. The van der Waals surface area contributed by atoms with Gasteiger partial charge in [0.1, 0.15) is 5.82 Å². The van der Waals surface area contributed by atoms with Crippen molar-refractivity contribution >= 4 is 33.5 Å². The number of esters is 1. The van der Waals surface area contributed by atoms with Gasteiger partial charge in [-0.3, -0.25) is 4.79 Å². The Bertz CT molecular complexity index is 523. The Morgan fingerprint density at radius 3 is 2.71 bits per heavy atom. The highest BCUT2D eigenvalue weighted by molar-refractivity contribution is 9.10. The lowest BCUT2D eigenvalue weighted by atomic mass is 9.81. The number of hydrogen-bond acceptors (Lipinski definition) is 3. The van der Waals surface area contributed by atoms with Crippen LogP contribution in [-0.4, -0.2) is 12.6 Å². The van der Waals surface area contributed by atoms with E-state index >= 15 is 0 Å². The molecule has 2 N–H and O–H groups in total. The summed E-state index contributed by atoms with van der Waals surface area (Å²) in [5.74, 6) is -0.685. The SMILES string of the molecule is CCOC(=O)CC(C)(C)CC(N)c1cc(Cl)c(Br)cc1F. The van der Waals surface area contributed by atoms with E-state index < -0.39 is 17.3 Å². The normalized spacial score (nSPS) is 13.1. The Hall–Kier alpha value is -0.650. The number of ether oxygens (including phenoxy) is 1. The van der Waals surface area contributed by atoms with Crippen molar-refractivity contribution in [1.29, 1.82) is 0 Å². The van der Waals surface area contributed by atoms with Gasteiger partial charge in [-0.2, -0.15) is 0 Å². The quantitative estimate of drug-likeness (QED) is 0.579. The Labute approximate surface area is 138 Å². The van der Waals surface area contributed by atoms with Crippen molar-refractivity contribution in [3.05, 3.63) is 33.0 Å². The molecule has 3 nitrogen and oxygen atoms in total. The lowest BCUT2D eigenvalue weighted by Crippen LogP contribution is -2.25. The number of carbonyl (C=O) groups excluding carboxylic acids is 1. The van der Waals surface area contributed by atoms with E-state index in [-0.39, 0.29) is 12.4 Å². The molecule has 0 heterocycles. The van der Waals surface area contributed by atoms with Crippen molar-refractivity contribution in [2.24, 2.45) is 11.1 Å². The Morgan fingerprint density at radius 1 is 1.52 bits per heavy atom. The van der Waals surface area contributed by atoms with Crippen molar-refractivity contribution < 1.29 is 13.9 Å². The van der Waals surface area contributed by atoms with Crippen molar-refractivity contribution in [2.75, 3.05) is 6.61 Å². The molecule has 118 valence electrons. The van der Waals surface area contributed by atoms with Crippen molar-refractivity contribution in [1.82, 2.24) is 0 Å². The minimum Gasteiger partial charge on any atom is -0.466 e. The largest absolute Gasteiger partial charge is 0.466 e. The zero-order chi connectivity index (χ0) is 16.2. The van der Waals surface area contributed by atoms with Gasteiger partial charge in [-0.15, -0.1) is 0 Å². The Morgan fingerprint density at radius 2 is 2.14 bits per heavy atom. The topological polar surface area (TPSA) is 52.3 Å². The second kappa shape index (κ2) is 7.56. The van der Waals surface area contributed by atoms with E-state index in [0.29, 0.717) is 28.1 Å². The van der Waals surface area contributed by atoms with E-state index in [2.05, 4.69) is 15.9 Å². The molecule has 1 rings (SSSR count). The maximum atomic E-state index is 14.0. The molecule has 0 saturated carbocycles. The molecule has 0 aliphatic rings. The maximum absolute atomic E-state index is 14.0. The molecule has 0 spiro atoms.